The fourth-order valence-electron chi connectivity index (χ4n) is 3.14. The lowest BCUT2D eigenvalue weighted by Gasteiger charge is -2.29. The quantitative estimate of drug-likeness (QED) is 0.878. The van der Waals surface area contributed by atoms with E-state index in [4.69, 9.17) is 0 Å². The molecule has 2 atom stereocenters. The van der Waals surface area contributed by atoms with Crippen LogP contribution in [0.2, 0.25) is 0 Å². The van der Waals surface area contributed by atoms with Gasteiger partial charge in [0.1, 0.15) is 0 Å². The molecule has 0 radical (unpaired) electrons. The maximum absolute atomic E-state index is 3.34. The largest absolute Gasteiger partial charge is 0.366 e. The maximum atomic E-state index is 3.34. The molecule has 1 N–H and O–H groups in total. The van der Waals surface area contributed by atoms with Crippen LogP contribution in [-0.4, -0.2) is 25.2 Å². The van der Waals surface area contributed by atoms with E-state index in [1.165, 1.54) is 17.7 Å². The van der Waals surface area contributed by atoms with E-state index < -0.39 is 0 Å². The van der Waals surface area contributed by atoms with Gasteiger partial charge in [-0.1, -0.05) is 12.1 Å². The van der Waals surface area contributed by atoms with Crippen LogP contribution in [0.4, 0.5) is 5.69 Å². The highest BCUT2D eigenvalue weighted by Crippen LogP contribution is 2.36. The molecule has 1 aliphatic rings. The Hall–Kier alpha value is -1.02. The Balaban J connectivity index is 2.33. The van der Waals surface area contributed by atoms with Crippen molar-refractivity contribution in [2.75, 3.05) is 11.9 Å². The average molecular weight is 246 g/mol. The van der Waals surface area contributed by atoms with Crippen molar-refractivity contribution in [3.63, 3.8) is 0 Å². The van der Waals surface area contributed by atoms with E-state index in [-0.39, 0.29) is 0 Å². The Morgan fingerprint density at radius 2 is 2.06 bits per heavy atom. The minimum Gasteiger partial charge on any atom is -0.366 e. The van der Waals surface area contributed by atoms with Gasteiger partial charge in [-0.2, -0.15) is 0 Å². The van der Waals surface area contributed by atoms with Gasteiger partial charge >= 0.3 is 0 Å². The van der Waals surface area contributed by atoms with Crippen LogP contribution in [-0.2, 0) is 12.8 Å². The minimum atomic E-state index is 0.542. The zero-order chi connectivity index (χ0) is 13.3. The Kier molecular flexibility index (Phi) is 3.96. The normalized spacial score (nSPS) is 20.3. The number of hydrogen-bond acceptors (Lipinski definition) is 2. The van der Waals surface area contributed by atoms with Gasteiger partial charge in [0.05, 0.1) is 0 Å². The molecule has 0 amide bonds. The molecular formula is C16H26N2. The van der Waals surface area contributed by atoms with Crippen molar-refractivity contribution in [3.05, 3.63) is 29.3 Å². The number of hydrogen-bond donors (Lipinski definition) is 1. The van der Waals surface area contributed by atoms with Gasteiger partial charge in [0.15, 0.2) is 0 Å². The van der Waals surface area contributed by atoms with Crippen LogP contribution in [0.1, 0.15) is 38.8 Å². The maximum Gasteiger partial charge on any atom is 0.0407 e. The molecule has 100 valence electrons. The van der Waals surface area contributed by atoms with Crippen LogP contribution in [0, 0.1) is 0 Å². The molecule has 2 rings (SSSR count). The molecule has 0 aliphatic carbocycles. The van der Waals surface area contributed by atoms with E-state index in [9.17, 15) is 0 Å². The van der Waals surface area contributed by atoms with Gasteiger partial charge in [-0.15, -0.1) is 0 Å². The van der Waals surface area contributed by atoms with Crippen molar-refractivity contribution in [2.24, 2.45) is 0 Å². The summed E-state index contributed by atoms with van der Waals surface area (Å²) in [4.78, 5) is 2.56. The number of fused-ring (bicyclic) bond motifs is 1. The van der Waals surface area contributed by atoms with Gasteiger partial charge in [0, 0.05) is 23.8 Å². The summed E-state index contributed by atoms with van der Waals surface area (Å²) in [6.45, 7) is 9.16. The topological polar surface area (TPSA) is 15.3 Å². The van der Waals surface area contributed by atoms with Crippen LogP contribution < -0.4 is 10.2 Å². The molecule has 18 heavy (non-hydrogen) atoms. The average Bonchev–Trinajstić information content (AvgIpc) is 2.66. The summed E-state index contributed by atoms with van der Waals surface area (Å²) < 4.78 is 0. The lowest BCUT2D eigenvalue weighted by Crippen LogP contribution is -2.35. The Morgan fingerprint density at radius 3 is 2.67 bits per heavy atom. The van der Waals surface area contributed by atoms with Crippen LogP contribution in [0.15, 0.2) is 18.2 Å². The van der Waals surface area contributed by atoms with Crippen molar-refractivity contribution in [1.82, 2.24) is 5.32 Å². The van der Waals surface area contributed by atoms with Crippen LogP contribution in [0.3, 0.4) is 0 Å². The summed E-state index contributed by atoms with van der Waals surface area (Å²) in [6, 6.07) is 8.55. The molecule has 0 saturated heterocycles. The predicted molar refractivity (Wildman–Crippen MR) is 79.4 cm³/mol. The monoisotopic (exact) mass is 246 g/mol. The van der Waals surface area contributed by atoms with Gasteiger partial charge in [-0.3, -0.25) is 0 Å². The summed E-state index contributed by atoms with van der Waals surface area (Å²) in [5.41, 5.74) is 4.54. The Bertz CT molecular complexity index is 412. The molecular weight excluding hydrogens is 220 g/mol. The molecule has 0 fully saturated rings. The third-order valence-electron chi connectivity index (χ3n) is 4.08. The molecule has 1 aromatic carbocycles. The summed E-state index contributed by atoms with van der Waals surface area (Å²) in [6.07, 6.45) is 2.32. The fourth-order valence-corrected chi connectivity index (χ4v) is 3.14. The highest BCUT2D eigenvalue weighted by atomic mass is 15.2. The second kappa shape index (κ2) is 5.31. The molecule has 1 aromatic rings. The molecule has 0 bridgehead atoms. The summed E-state index contributed by atoms with van der Waals surface area (Å²) in [5, 5.41) is 3.34. The standard InChI is InChI=1S/C16H26N2/c1-11(2)18-13(4)10-15-14(9-12(3)17-5)7-6-8-16(15)18/h6-8,11-13,17H,9-10H2,1-5H3. The van der Waals surface area contributed by atoms with E-state index >= 15 is 0 Å². The van der Waals surface area contributed by atoms with Gasteiger partial charge in [-0.05, 0) is 64.8 Å². The number of rotatable bonds is 4. The lowest BCUT2D eigenvalue weighted by molar-refractivity contribution is 0.597. The van der Waals surface area contributed by atoms with Gasteiger partial charge < -0.3 is 10.2 Å². The van der Waals surface area contributed by atoms with E-state index in [0.29, 0.717) is 18.1 Å². The number of nitrogens with zero attached hydrogens (tertiary/aromatic N) is 1. The van der Waals surface area contributed by atoms with Crippen molar-refractivity contribution in [1.29, 1.82) is 0 Å². The molecule has 0 saturated carbocycles. The van der Waals surface area contributed by atoms with Crippen LogP contribution in [0.5, 0.6) is 0 Å². The van der Waals surface area contributed by atoms with E-state index in [0.717, 1.165) is 6.42 Å². The van der Waals surface area contributed by atoms with Crippen molar-refractivity contribution < 1.29 is 0 Å². The van der Waals surface area contributed by atoms with Gasteiger partial charge in [0.2, 0.25) is 0 Å². The third-order valence-corrected chi connectivity index (χ3v) is 4.08. The summed E-state index contributed by atoms with van der Waals surface area (Å²) in [7, 11) is 2.04. The highest BCUT2D eigenvalue weighted by molar-refractivity contribution is 5.62. The van der Waals surface area contributed by atoms with Crippen molar-refractivity contribution in [2.45, 2.75) is 58.7 Å². The molecule has 0 aromatic heterocycles. The van der Waals surface area contributed by atoms with Crippen LogP contribution >= 0.6 is 0 Å². The zero-order valence-electron chi connectivity index (χ0n) is 12.3. The first kappa shape index (κ1) is 13.4. The lowest BCUT2D eigenvalue weighted by atomic mass is 9.98. The number of likely N-dealkylation sites (N-methyl/N-ethyl adjacent to an activating group) is 1. The molecule has 2 unspecified atom stereocenters. The molecule has 2 nitrogen and oxygen atoms in total. The van der Waals surface area contributed by atoms with E-state index in [1.54, 1.807) is 5.56 Å². The minimum absolute atomic E-state index is 0.542. The summed E-state index contributed by atoms with van der Waals surface area (Å²) in [5.74, 6) is 0. The predicted octanol–water partition coefficient (Wildman–Crippen LogP) is 3.00. The highest BCUT2D eigenvalue weighted by Gasteiger charge is 2.29. The van der Waals surface area contributed by atoms with Crippen molar-refractivity contribution in [3.8, 4) is 0 Å². The zero-order valence-corrected chi connectivity index (χ0v) is 12.3. The SMILES string of the molecule is CNC(C)Cc1cccc2c1CC(C)N2C(C)C. The second-order valence-corrected chi connectivity index (χ2v) is 5.86. The number of anilines is 1. The molecule has 0 spiro atoms. The molecule has 1 aliphatic heterocycles. The Morgan fingerprint density at radius 1 is 1.33 bits per heavy atom. The first-order valence-corrected chi connectivity index (χ1v) is 7.11. The van der Waals surface area contributed by atoms with Crippen molar-refractivity contribution >= 4 is 5.69 Å². The van der Waals surface area contributed by atoms with E-state index in [1.807, 2.05) is 7.05 Å². The smallest absolute Gasteiger partial charge is 0.0407 e. The van der Waals surface area contributed by atoms with Gasteiger partial charge in [0.25, 0.3) is 0 Å². The number of benzene rings is 1. The molecule has 2 heteroatoms. The van der Waals surface area contributed by atoms with E-state index in [2.05, 4.69) is 56.1 Å². The number of nitrogens with one attached hydrogen (secondary N) is 1. The van der Waals surface area contributed by atoms with Crippen LogP contribution in [0.25, 0.3) is 0 Å². The third kappa shape index (κ3) is 2.39. The molecule has 1 heterocycles. The first-order chi connectivity index (χ1) is 8.54. The second-order valence-electron chi connectivity index (χ2n) is 5.86. The summed E-state index contributed by atoms with van der Waals surface area (Å²) >= 11 is 0. The van der Waals surface area contributed by atoms with Gasteiger partial charge in [-0.25, -0.2) is 0 Å². The Labute approximate surface area is 111 Å². The first-order valence-electron chi connectivity index (χ1n) is 7.11. The fraction of sp³-hybridized carbons (Fsp3) is 0.625.